The zero-order valence-electron chi connectivity index (χ0n) is 17.1. The number of amides is 3. The predicted octanol–water partition coefficient (Wildman–Crippen LogP) is 3.51. The SMILES string of the molecule is CCCc1ccc([C@]2(C)NC(=O)N(CC(=O)c3ccc(C)c([N+](=O)[O-])c3)C2=O)cc1. The molecule has 0 radical (unpaired) electrons. The number of urea groups is 1. The molecular formula is C22H23N3O5. The number of nitrogens with one attached hydrogen (secondary N) is 1. The van der Waals surface area contributed by atoms with E-state index in [0.29, 0.717) is 11.1 Å². The zero-order valence-corrected chi connectivity index (χ0v) is 17.1. The third kappa shape index (κ3) is 3.80. The van der Waals surface area contributed by atoms with Gasteiger partial charge in [0.05, 0.1) is 11.5 Å². The van der Waals surface area contributed by atoms with Gasteiger partial charge < -0.3 is 5.32 Å². The third-order valence-electron chi connectivity index (χ3n) is 5.37. The van der Waals surface area contributed by atoms with Crippen LogP contribution in [0.4, 0.5) is 10.5 Å². The number of nitrogens with zero attached hydrogens (tertiary/aromatic N) is 2. The molecule has 0 bridgehead atoms. The van der Waals surface area contributed by atoms with Gasteiger partial charge >= 0.3 is 6.03 Å². The van der Waals surface area contributed by atoms with Gasteiger partial charge in [0.1, 0.15) is 5.54 Å². The third-order valence-corrected chi connectivity index (χ3v) is 5.37. The molecule has 8 heteroatoms. The quantitative estimate of drug-likeness (QED) is 0.326. The first-order valence-corrected chi connectivity index (χ1v) is 9.69. The van der Waals surface area contributed by atoms with Crippen LogP contribution in [0.1, 0.15) is 47.3 Å². The highest BCUT2D eigenvalue weighted by molar-refractivity contribution is 6.11. The molecule has 0 aromatic heterocycles. The first-order chi connectivity index (χ1) is 14.2. The fraction of sp³-hybridized carbons (Fsp3) is 0.318. The van der Waals surface area contributed by atoms with Crippen molar-refractivity contribution in [3.05, 3.63) is 74.8 Å². The van der Waals surface area contributed by atoms with Gasteiger partial charge in [0.15, 0.2) is 5.78 Å². The summed E-state index contributed by atoms with van der Waals surface area (Å²) < 4.78 is 0. The highest BCUT2D eigenvalue weighted by atomic mass is 16.6. The number of carbonyl (C=O) groups excluding carboxylic acids is 3. The Morgan fingerprint density at radius 3 is 2.43 bits per heavy atom. The first-order valence-electron chi connectivity index (χ1n) is 9.69. The summed E-state index contributed by atoms with van der Waals surface area (Å²) in [4.78, 5) is 49.5. The lowest BCUT2D eigenvalue weighted by Gasteiger charge is -2.22. The van der Waals surface area contributed by atoms with E-state index in [2.05, 4.69) is 12.2 Å². The van der Waals surface area contributed by atoms with Gasteiger partial charge in [-0.15, -0.1) is 0 Å². The van der Waals surface area contributed by atoms with Gasteiger partial charge in [0.25, 0.3) is 11.6 Å². The molecule has 8 nitrogen and oxygen atoms in total. The highest BCUT2D eigenvalue weighted by Crippen LogP contribution is 2.29. The molecule has 1 heterocycles. The summed E-state index contributed by atoms with van der Waals surface area (Å²) in [6, 6.07) is 10.9. The summed E-state index contributed by atoms with van der Waals surface area (Å²) in [6.45, 7) is 4.76. The number of aryl methyl sites for hydroxylation is 2. The Kier molecular flexibility index (Phi) is 5.69. The van der Waals surface area contributed by atoms with E-state index in [9.17, 15) is 24.5 Å². The van der Waals surface area contributed by atoms with Gasteiger partial charge in [-0.3, -0.25) is 24.6 Å². The summed E-state index contributed by atoms with van der Waals surface area (Å²) in [5.74, 6) is -1.09. The van der Waals surface area contributed by atoms with Crippen LogP contribution in [0.3, 0.4) is 0 Å². The second kappa shape index (κ2) is 8.06. The normalized spacial score (nSPS) is 18.4. The van der Waals surface area contributed by atoms with Crippen molar-refractivity contribution in [2.24, 2.45) is 0 Å². The number of imide groups is 1. The minimum absolute atomic E-state index is 0.0745. The van der Waals surface area contributed by atoms with Crippen molar-refractivity contribution in [1.82, 2.24) is 10.2 Å². The molecule has 3 amide bonds. The average Bonchev–Trinajstić information content (AvgIpc) is 2.92. The van der Waals surface area contributed by atoms with Gasteiger partial charge in [-0.2, -0.15) is 0 Å². The van der Waals surface area contributed by atoms with Gasteiger partial charge in [-0.05, 0) is 31.4 Å². The first kappa shape index (κ1) is 21.2. The van der Waals surface area contributed by atoms with E-state index in [0.717, 1.165) is 23.3 Å². The van der Waals surface area contributed by atoms with E-state index in [4.69, 9.17) is 0 Å². The number of carbonyl (C=O) groups is 3. The molecule has 0 aliphatic carbocycles. The van der Waals surface area contributed by atoms with Crippen molar-refractivity contribution in [2.75, 3.05) is 6.54 Å². The molecular weight excluding hydrogens is 386 g/mol. The number of rotatable bonds is 7. The second-order valence-corrected chi connectivity index (χ2v) is 7.57. The van der Waals surface area contributed by atoms with Crippen LogP contribution in [0, 0.1) is 17.0 Å². The van der Waals surface area contributed by atoms with E-state index in [1.165, 1.54) is 18.2 Å². The van der Waals surface area contributed by atoms with Gasteiger partial charge in [-0.1, -0.05) is 49.7 Å². The number of nitro groups is 1. The second-order valence-electron chi connectivity index (χ2n) is 7.57. The largest absolute Gasteiger partial charge is 0.325 e. The molecule has 1 aliphatic heterocycles. The van der Waals surface area contributed by atoms with E-state index >= 15 is 0 Å². The Hall–Kier alpha value is -3.55. The number of ketones is 1. The van der Waals surface area contributed by atoms with Crippen molar-refractivity contribution in [3.63, 3.8) is 0 Å². The van der Waals surface area contributed by atoms with Crippen LogP contribution < -0.4 is 5.32 Å². The maximum Gasteiger partial charge on any atom is 0.325 e. The fourth-order valence-electron chi connectivity index (χ4n) is 3.54. The summed E-state index contributed by atoms with van der Waals surface area (Å²) in [7, 11) is 0. The van der Waals surface area contributed by atoms with Crippen molar-refractivity contribution in [3.8, 4) is 0 Å². The van der Waals surface area contributed by atoms with Crippen LogP contribution in [0.2, 0.25) is 0 Å². The van der Waals surface area contributed by atoms with E-state index in [-0.39, 0.29) is 11.3 Å². The molecule has 1 saturated heterocycles. The van der Waals surface area contributed by atoms with Crippen LogP contribution >= 0.6 is 0 Å². The highest BCUT2D eigenvalue weighted by Gasteiger charge is 2.49. The standard InChI is InChI=1S/C22H23N3O5/c1-4-5-15-7-10-17(11-8-15)22(3)20(27)24(21(28)23-22)13-19(26)16-9-6-14(2)18(12-16)25(29)30/h6-12H,4-5,13H2,1-3H3,(H,23,28)/t22-/m0/s1. The Morgan fingerprint density at radius 2 is 1.83 bits per heavy atom. The van der Waals surface area contributed by atoms with Gasteiger partial charge in [0.2, 0.25) is 0 Å². The van der Waals surface area contributed by atoms with Crippen molar-refractivity contribution < 1.29 is 19.3 Å². The topological polar surface area (TPSA) is 110 Å². The summed E-state index contributed by atoms with van der Waals surface area (Å²) in [5, 5.41) is 13.8. The predicted molar refractivity (Wildman–Crippen MR) is 110 cm³/mol. The number of benzene rings is 2. The smallest absolute Gasteiger partial charge is 0.319 e. The van der Waals surface area contributed by atoms with Crippen LogP contribution in [0.25, 0.3) is 0 Å². The van der Waals surface area contributed by atoms with Crippen molar-refractivity contribution in [2.45, 2.75) is 39.2 Å². The Labute approximate surface area is 174 Å². The van der Waals surface area contributed by atoms with Crippen LogP contribution in [-0.4, -0.2) is 34.1 Å². The number of Topliss-reactive ketones (excluding diaryl/α,β-unsaturated/α-hetero) is 1. The molecule has 1 N–H and O–H groups in total. The van der Waals surface area contributed by atoms with Crippen LogP contribution in [-0.2, 0) is 16.8 Å². The number of hydrogen-bond acceptors (Lipinski definition) is 5. The molecule has 0 spiro atoms. The lowest BCUT2D eigenvalue weighted by molar-refractivity contribution is -0.385. The lowest BCUT2D eigenvalue weighted by atomic mass is 9.91. The Balaban J connectivity index is 1.82. The van der Waals surface area contributed by atoms with Gasteiger partial charge in [0, 0.05) is 17.2 Å². The molecule has 0 saturated carbocycles. The summed E-state index contributed by atoms with van der Waals surface area (Å²) in [6.07, 6.45) is 1.92. The van der Waals surface area contributed by atoms with Crippen LogP contribution in [0.5, 0.6) is 0 Å². The lowest BCUT2D eigenvalue weighted by Crippen LogP contribution is -2.41. The maximum absolute atomic E-state index is 13.0. The fourth-order valence-corrected chi connectivity index (χ4v) is 3.54. The molecule has 2 aromatic rings. The number of nitro benzene ring substituents is 1. The Morgan fingerprint density at radius 1 is 1.17 bits per heavy atom. The molecule has 1 aliphatic rings. The average molecular weight is 409 g/mol. The maximum atomic E-state index is 13.0. The minimum Gasteiger partial charge on any atom is -0.319 e. The summed E-state index contributed by atoms with van der Waals surface area (Å²) in [5.41, 5.74) is 0.795. The monoisotopic (exact) mass is 409 g/mol. The Bertz CT molecular complexity index is 1030. The van der Waals surface area contributed by atoms with E-state index in [1.807, 2.05) is 12.1 Å². The molecule has 2 aromatic carbocycles. The van der Waals surface area contributed by atoms with Crippen molar-refractivity contribution in [1.29, 1.82) is 0 Å². The minimum atomic E-state index is -1.28. The zero-order chi connectivity index (χ0) is 22.1. The van der Waals surface area contributed by atoms with E-state index in [1.54, 1.807) is 26.0 Å². The molecule has 156 valence electrons. The molecule has 0 unspecified atom stereocenters. The molecule has 3 rings (SSSR count). The number of hydrogen-bond donors (Lipinski definition) is 1. The molecule has 1 fully saturated rings. The van der Waals surface area contributed by atoms with Crippen molar-refractivity contribution >= 4 is 23.4 Å². The molecule has 1 atom stereocenters. The van der Waals surface area contributed by atoms with E-state index < -0.39 is 34.7 Å². The van der Waals surface area contributed by atoms with Gasteiger partial charge in [-0.25, -0.2) is 4.79 Å². The molecule has 30 heavy (non-hydrogen) atoms. The summed E-state index contributed by atoms with van der Waals surface area (Å²) >= 11 is 0. The van der Waals surface area contributed by atoms with Crippen LogP contribution in [0.15, 0.2) is 42.5 Å².